The van der Waals surface area contributed by atoms with E-state index in [1.165, 1.54) is 0 Å². The fourth-order valence-corrected chi connectivity index (χ4v) is 1.72. The van der Waals surface area contributed by atoms with Crippen LogP contribution in [0.25, 0.3) is 0 Å². The van der Waals surface area contributed by atoms with Gasteiger partial charge in [0.25, 0.3) is 0 Å². The Bertz CT molecular complexity index is 291. The predicted octanol–water partition coefficient (Wildman–Crippen LogP) is 2.95. The number of carbonyl (C=O) groups excluding carboxylic acids is 1. The monoisotopic (exact) mass is 286 g/mol. The first kappa shape index (κ1) is 18.7. The van der Waals surface area contributed by atoms with Crippen LogP contribution < -0.4 is 5.32 Å². The van der Waals surface area contributed by atoms with Crippen molar-refractivity contribution in [2.45, 2.75) is 59.9 Å². The normalized spacial score (nSPS) is 12.6. The third-order valence-electron chi connectivity index (χ3n) is 3.24. The fraction of sp³-hybridized carbons (Fsp3) is 0.867. The molecule has 2 amide bonds. The van der Waals surface area contributed by atoms with Gasteiger partial charge in [0.05, 0.1) is 0 Å². The molecule has 2 N–H and O–H groups in total. The van der Waals surface area contributed by atoms with Crippen LogP contribution >= 0.6 is 0 Å². The zero-order valence-electron chi connectivity index (χ0n) is 13.5. The molecule has 0 radical (unpaired) electrons. The van der Waals surface area contributed by atoms with Crippen molar-refractivity contribution in [3.05, 3.63) is 0 Å². The van der Waals surface area contributed by atoms with E-state index in [4.69, 9.17) is 5.11 Å². The molecule has 0 unspecified atom stereocenters. The zero-order chi connectivity index (χ0) is 15.7. The van der Waals surface area contributed by atoms with Gasteiger partial charge in [0.15, 0.2) is 0 Å². The maximum atomic E-state index is 12.2. The van der Waals surface area contributed by atoms with E-state index in [1.54, 1.807) is 11.8 Å². The third kappa shape index (κ3) is 8.02. The summed E-state index contributed by atoms with van der Waals surface area (Å²) < 4.78 is 0. The number of nitrogens with one attached hydrogen (secondary N) is 1. The summed E-state index contributed by atoms with van der Waals surface area (Å²) in [6.07, 6.45) is 2.24. The van der Waals surface area contributed by atoms with Crippen LogP contribution in [0.4, 0.5) is 4.79 Å². The van der Waals surface area contributed by atoms with E-state index in [9.17, 15) is 9.59 Å². The standard InChI is InChI=1S/C15H30N2O3/c1-6-13(14(18)19)16-15(20)17(9-7-11(2)3)10-8-12(4)5/h11-13H,6-10H2,1-5H3,(H,16,20)(H,18,19)/t13-/m0/s1. The largest absolute Gasteiger partial charge is 0.480 e. The van der Waals surface area contributed by atoms with Gasteiger partial charge in [-0.3, -0.25) is 0 Å². The quantitative estimate of drug-likeness (QED) is 0.684. The summed E-state index contributed by atoms with van der Waals surface area (Å²) in [5, 5.41) is 11.6. The van der Waals surface area contributed by atoms with Crippen LogP contribution in [0.15, 0.2) is 0 Å². The molecule has 0 heterocycles. The van der Waals surface area contributed by atoms with Crippen LogP contribution in [0, 0.1) is 11.8 Å². The van der Waals surface area contributed by atoms with Gasteiger partial charge in [-0.25, -0.2) is 9.59 Å². The van der Waals surface area contributed by atoms with Gasteiger partial charge in [-0.1, -0.05) is 34.6 Å². The maximum absolute atomic E-state index is 12.2. The first-order chi connectivity index (χ1) is 9.27. The van der Waals surface area contributed by atoms with Crippen LogP contribution in [0.5, 0.6) is 0 Å². The van der Waals surface area contributed by atoms with Gasteiger partial charge in [-0.15, -0.1) is 0 Å². The molecule has 118 valence electrons. The van der Waals surface area contributed by atoms with E-state index >= 15 is 0 Å². The number of nitrogens with zero attached hydrogens (tertiary/aromatic N) is 1. The first-order valence-corrected chi connectivity index (χ1v) is 7.56. The number of amides is 2. The summed E-state index contributed by atoms with van der Waals surface area (Å²) in [5.41, 5.74) is 0. The molecule has 0 aliphatic heterocycles. The molecule has 0 aromatic heterocycles. The molecule has 1 atom stereocenters. The van der Waals surface area contributed by atoms with Crippen molar-refractivity contribution >= 4 is 12.0 Å². The molecular formula is C15H30N2O3. The lowest BCUT2D eigenvalue weighted by molar-refractivity contribution is -0.139. The smallest absolute Gasteiger partial charge is 0.326 e. The van der Waals surface area contributed by atoms with E-state index in [0.29, 0.717) is 31.3 Å². The van der Waals surface area contributed by atoms with Gasteiger partial charge in [0, 0.05) is 13.1 Å². The maximum Gasteiger partial charge on any atom is 0.326 e. The molecular weight excluding hydrogens is 256 g/mol. The van der Waals surface area contributed by atoms with E-state index in [-0.39, 0.29) is 6.03 Å². The van der Waals surface area contributed by atoms with Crippen molar-refractivity contribution in [1.29, 1.82) is 0 Å². The average Bonchev–Trinajstić information content (AvgIpc) is 2.34. The van der Waals surface area contributed by atoms with Gasteiger partial charge in [-0.2, -0.15) is 0 Å². The Morgan fingerprint density at radius 1 is 1.05 bits per heavy atom. The lowest BCUT2D eigenvalue weighted by atomic mass is 10.1. The second-order valence-electron chi connectivity index (χ2n) is 6.10. The first-order valence-electron chi connectivity index (χ1n) is 7.56. The minimum atomic E-state index is -0.978. The molecule has 0 aliphatic carbocycles. The average molecular weight is 286 g/mol. The Morgan fingerprint density at radius 3 is 1.80 bits per heavy atom. The topological polar surface area (TPSA) is 69.6 Å². The molecule has 5 heteroatoms. The van der Waals surface area contributed by atoms with E-state index in [2.05, 4.69) is 33.0 Å². The number of carboxylic acid groups (broad SMARTS) is 1. The minimum Gasteiger partial charge on any atom is -0.480 e. The Labute approximate surface area is 122 Å². The number of aliphatic carboxylic acids is 1. The number of rotatable bonds is 9. The zero-order valence-corrected chi connectivity index (χ0v) is 13.5. The Kier molecular flexibility index (Phi) is 9.01. The van der Waals surface area contributed by atoms with E-state index in [1.807, 2.05) is 0 Å². The summed E-state index contributed by atoms with van der Waals surface area (Å²) in [6.45, 7) is 11.6. The van der Waals surface area contributed by atoms with Crippen LogP contribution in [0.3, 0.4) is 0 Å². The predicted molar refractivity (Wildman–Crippen MR) is 80.7 cm³/mol. The molecule has 0 bridgehead atoms. The van der Waals surface area contributed by atoms with Gasteiger partial charge in [0.2, 0.25) is 0 Å². The number of carboxylic acids is 1. The summed E-state index contributed by atoms with van der Waals surface area (Å²) in [6, 6.07) is -1.07. The summed E-state index contributed by atoms with van der Waals surface area (Å²) in [7, 11) is 0. The van der Waals surface area contributed by atoms with Crippen molar-refractivity contribution < 1.29 is 14.7 Å². The van der Waals surface area contributed by atoms with Crippen molar-refractivity contribution in [2.75, 3.05) is 13.1 Å². The molecule has 0 saturated carbocycles. The van der Waals surface area contributed by atoms with Gasteiger partial charge >= 0.3 is 12.0 Å². The van der Waals surface area contributed by atoms with Crippen LogP contribution in [0.1, 0.15) is 53.9 Å². The highest BCUT2D eigenvalue weighted by molar-refractivity contribution is 5.82. The van der Waals surface area contributed by atoms with E-state index < -0.39 is 12.0 Å². The van der Waals surface area contributed by atoms with Crippen LogP contribution in [-0.4, -0.2) is 41.1 Å². The molecule has 0 aliphatic rings. The van der Waals surface area contributed by atoms with Crippen LogP contribution in [-0.2, 0) is 4.79 Å². The molecule has 5 nitrogen and oxygen atoms in total. The summed E-state index contributed by atoms with van der Waals surface area (Å²) >= 11 is 0. The number of carbonyl (C=O) groups is 2. The van der Waals surface area contributed by atoms with Crippen LogP contribution in [0.2, 0.25) is 0 Å². The molecule has 20 heavy (non-hydrogen) atoms. The second kappa shape index (κ2) is 9.61. The molecule has 0 saturated heterocycles. The SMILES string of the molecule is CC[C@H](NC(=O)N(CCC(C)C)CCC(C)C)C(=O)O. The molecule has 0 aromatic carbocycles. The highest BCUT2D eigenvalue weighted by Crippen LogP contribution is 2.07. The van der Waals surface area contributed by atoms with Crippen molar-refractivity contribution in [1.82, 2.24) is 10.2 Å². The number of hydrogen-bond acceptors (Lipinski definition) is 2. The summed E-state index contributed by atoms with van der Waals surface area (Å²) in [4.78, 5) is 24.9. The van der Waals surface area contributed by atoms with Crippen molar-refractivity contribution in [3.63, 3.8) is 0 Å². The molecule has 0 spiro atoms. The highest BCUT2D eigenvalue weighted by atomic mass is 16.4. The lowest BCUT2D eigenvalue weighted by Crippen LogP contribution is -2.48. The van der Waals surface area contributed by atoms with Gasteiger partial charge in [-0.05, 0) is 31.1 Å². The third-order valence-corrected chi connectivity index (χ3v) is 3.24. The number of urea groups is 1. The molecule has 0 rings (SSSR count). The molecule has 0 fully saturated rings. The molecule has 0 aromatic rings. The highest BCUT2D eigenvalue weighted by Gasteiger charge is 2.21. The Balaban J connectivity index is 4.55. The van der Waals surface area contributed by atoms with Gasteiger partial charge in [0.1, 0.15) is 6.04 Å². The minimum absolute atomic E-state index is 0.263. The Morgan fingerprint density at radius 2 is 1.50 bits per heavy atom. The van der Waals surface area contributed by atoms with E-state index in [0.717, 1.165) is 12.8 Å². The Hall–Kier alpha value is -1.26. The summed E-state index contributed by atoms with van der Waals surface area (Å²) in [5.74, 6) is 0.0603. The van der Waals surface area contributed by atoms with Gasteiger partial charge < -0.3 is 15.3 Å². The fourth-order valence-electron chi connectivity index (χ4n) is 1.72. The lowest BCUT2D eigenvalue weighted by Gasteiger charge is -2.26. The van der Waals surface area contributed by atoms with Crippen molar-refractivity contribution in [3.8, 4) is 0 Å². The second-order valence-corrected chi connectivity index (χ2v) is 6.10. The van der Waals surface area contributed by atoms with Crippen molar-refractivity contribution in [2.24, 2.45) is 11.8 Å². The number of hydrogen-bond donors (Lipinski definition) is 2.